The molecular weight excluding hydrogens is 238 g/mol. The number of hydrogen-bond donors (Lipinski definition) is 0. The fourth-order valence-electron chi connectivity index (χ4n) is 4.07. The van der Waals surface area contributed by atoms with E-state index in [0.29, 0.717) is 6.42 Å². The highest BCUT2D eigenvalue weighted by molar-refractivity contribution is 5.99. The van der Waals surface area contributed by atoms with Crippen LogP contribution in [-0.2, 0) is 9.59 Å². The number of carbonyl (C=O) groups is 2. The van der Waals surface area contributed by atoms with E-state index in [-0.39, 0.29) is 17.5 Å². The standard InChI is InChI=1S/C16H21NO2/c1-10(2)8-12(18)14(17-5)16(4)11-6-7-15(16,3)13(19)9-11/h8,11,14H,6-7,9H2,1-4H3. The molecule has 3 heteroatoms. The Bertz CT molecular complexity index is 509. The van der Waals surface area contributed by atoms with E-state index in [4.69, 9.17) is 6.57 Å². The molecule has 0 amide bonds. The second-order valence-electron chi connectivity index (χ2n) is 6.63. The summed E-state index contributed by atoms with van der Waals surface area (Å²) in [4.78, 5) is 28.2. The van der Waals surface area contributed by atoms with Crippen molar-refractivity contribution >= 4 is 11.6 Å². The van der Waals surface area contributed by atoms with E-state index in [2.05, 4.69) is 4.85 Å². The van der Waals surface area contributed by atoms with Crippen LogP contribution in [0.1, 0.15) is 47.0 Å². The Kier molecular flexibility index (Phi) is 3.16. The van der Waals surface area contributed by atoms with Crippen LogP contribution in [0.3, 0.4) is 0 Å². The summed E-state index contributed by atoms with van der Waals surface area (Å²) < 4.78 is 0. The van der Waals surface area contributed by atoms with Crippen molar-refractivity contribution in [2.24, 2.45) is 16.7 Å². The normalized spacial score (nSPS) is 37.8. The van der Waals surface area contributed by atoms with Crippen molar-refractivity contribution in [3.8, 4) is 0 Å². The molecule has 2 bridgehead atoms. The maximum atomic E-state index is 12.3. The van der Waals surface area contributed by atoms with Crippen molar-refractivity contribution in [1.82, 2.24) is 0 Å². The van der Waals surface area contributed by atoms with Crippen molar-refractivity contribution in [2.75, 3.05) is 0 Å². The second-order valence-corrected chi connectivity index (χ2v) is 6.63. The molecule has 2 rings (SSSR count). The Labute approximate surface area is 114 Å². The quantitative estimate of drug-likeness (QED) is 0.576. The molecule has 0 spiro atoms. The van der Waals surface area contributed by atoms with Gasteiger partial charge in [0.2, 0.25) is 5.78 Å². The van der Waals surface area contributed by atoms with E-state index in [9.17, 15) is 9.59 Å². The van der Waals surface area contributed by atoms with Gasteiger partial charge in [0.05, 0.1) is 5.41 Å². The summed E-state index contributed by atoms with van der Waals surface area (Å²) in [5.41, 5.74) is -0.0727. The Morgan fingerprint density at radius 2 is 2.11 bits per heavy atom. The lowest BCUT2D eigenvalue weighted by Crippen LogP contribution is -2.46. The van der Waals surface area contributed by atoms with Crippen LogP contribution in [0.5, 0.6) is 0 Å². The summed E-state index contributed by atoms with van der Waals surface area (Å²) >= 11 is 0. The number of ketones is 2. The highest BCUT2D eigenvalue weighted by Gasteiger charge is 2.70. The first-order chi connectivity index (χ1) is 8.77. The Balaban J connectivity index is 2.45. The van der Waals surface area contributed by atoms with Gasteiger partial charge in [-0.3, -0.25) is 9.59 Å². The van der Waals surface area contributed by atoms with E-state index < -0.39 is 16.9 Å². The van der Waals surface area contributed by atoms with Crippen molar-refractivity contribution in [1.29, 1.82) is 0 Å². The Morgan fingerprint density at radius 3 is 2.47 bits per heavy atom. The molecule has 4 atom stereocenters. The number of Topliss-reactive ketones (excluding diaryl/α,β-unsaturated/α-hetero) is 1. The molecule has 0 aromatic heterocycles. The molecule has 0 aromatic carbocycles. The fourth-order valence-corrected chi connectivity index (χ4v) is 4.07. The van der Waals surface area contributed by atoms with Crippen LogP contribution in [0, 0.1) is 23.3 Å². The molecule has 0 saturated heterocycles. The Hall–Kier alpha value is -1.43. The summed E-state index contributed by atoms with van der Waals surface area (Å²) in [5.74, 6) is 0.300. The van der Waals surface area contributed by atoms with Crippen LogP contribution in [0.25, 0.3) is 4.85 Å². The molecule has 0 N–H and O–H groups in total. The number of allylic oxidation sites excluding steroid dienone is 1. The number of carbonyl (C=O) groups excluding carboxylic acids is 2. The van der Waals surface area contributed by atoms with Gasteiger partial charge in [-0.05, 0) is 38.7 Å². The lowest BCUT2D eigenvalue weighted by Gasteiger charge is -2.35. The van der Waals surface area contributed by atoms with Gasteiger partial charge in [0.25, 0.3) is 6.04 Å². The predicted molar refractivity (Wildman–Crippen MR) is 73.4 cm³/mol. The molecule has 2 aliphatic rings. The highest BCUT2D eigenvalue weighted by atomic mass is 16.1. The van der Waals surface area contributed by atoms with Crippen LogP contribution in [-0.4, -0.2) is 17.6 Å². The number of rotatable bonds is 3. The van der Waals surface area contributed by atoms with Crippen molar-refractivity contribution in [3.05, 3.63) is 23.1 Å². The molecule has 4 unspecified atom stereocenters. The summed E-state index contributed by atoms with van der Waals surface area (Å²) in [5, 5.41) is 0. The third kappa shape index (κ3) is 1.69. The van der Waals surface area contributed by atoms with Crippen LogP contribution in [0.15, 0.2) is 11.6 Å². The lowest BCUT2D eigenvalue weighted by atomic mass is 9.63. The van der Waals surface area contributed by atoms with Gasteiger partial charge < -0.3 is 4.85 Å². The fraction of sp³-hybridized carbons (Fsp3) is 0.688. The minimum Gasteiger partial charge on any atom is -0.304 e. The van der Waals surface area contributed by atoms with Crippen molar-refractivity contribution in [3.63, 3.8) is 0 Å². The maximum absolute atomic E-state index is 12.3. The molecule has 0 aliphatic heterocycles. The predicted octanol–water partition coefficient (Wildman–Crippen LogP) is 3.20. The molecule has 0 radical (unpaired) electrons. The minimum atomic E-state index is -0.716. The number of hydrogen-bond acceptors (Lipinski definition) is 2. The van der Waals surface area contributed by atoms with Gasteiger partial charge >= 0.3 is 0 Å². The van der Waals surface area contributed by atoms with Crippen LogP contribution in [0.4, 0.5) is 0 Å². The van der Waals surface area contributed by atoms with Gasteiger partial charge in [0.15, 0.2) is 0 Å². The molecule has 102 valence electrons. The third-order valence-corrected chi connectivity index (χ3v) is 5.47. The molecule has 19 heavy (non-hydrogen) atoms. The summed E-state index contributed by atoms with van der Waals surface area (Å²) in [6.45, 7) is 15.1. The molecule has 2 fully saturated rings. The van der Waals surface area contributed by atoms with Crippen LogP contribution >= 0.6 is 0 Å². The van der Waals surface area contributed by atoms with E-state index >= 15 is 0 Å². The summed E-state index contributed by atoms with van der Waals surface area (Å²) in [6.07, 6.45) is 3.88. The molecule has 2 saturated carbocycles. The molecular formula is C16H21NO2. The molecule has 3 nitrogen and oxygen atoms in total. The first kappa shape index (κ1) is 14.0. The first-order valence-corrected chi connectivity index (χ1v) is 6.86. The second kappa shape index (κ2) is 4.30. The van der Waals surface area contributed by atoms with Gasteiger partial charge in [0.1, 0.15) is 5.78 Å². The summed E-state index contributed by atoms with van der Waals surface area (Å²) in [6, 6.07) is -0.716. The van der Waals surface area contributed by atoms with Gasteiger partial charge in [0, 0.05) is 11.8 Å². The highest BCUT2D eigenvalue weighted by Crippen LogP contribution is 2.66. The maximum Gasteiger partial charge on any atom is 0.291 e. The first-order valence-electron chi connectivity index (χ1n) is 6.86. The Morgan fingerprint density at radius 1 is 1.47 bits per heavy atom. The smallest absolute Gasteiger partial charge is 0.291 e. The molecule has 0 heterocycles. The van der Waals surface area contributed by atoms with E-state index in [1.165, 1.54) is 0 Å². The van der Waals surface area contributed by atoms with Gasteiger partial charge in [-0.1, -0.05) is 19.4 Å². The zero-order valence-corrected chi connectivity index (χ0v) is 12.1. The SMILES string of the molecule is [C-]#[N+]C(C(=O)C=C(C)C)C1(C)C2CCC1(C)C(=O)C2. The van der Waals surface area contributed by atoms with Gasteiger partial charge in [-0.2, -0.15) is 0 Å². The van der Waals surface area contributed by atoms with E-state index in [1.807, 2.05) is 27.7 Å². The van der Waals surface area contributed by atoms with Gasteiger partial charge in [-0.25, -0.2) is 6.57 Å². The van der Waals surface area contributed by atoms with E-state index in [1.54, 1.807) is 6.08 Å². The monoisotopic (exact) mass is 259 g/mol. The number of nitrogens with zero attached hydrogens (tertiary/aromatic N) is 1. The zero-order chi connectivity index (χ0) is 14.4. The lowest BCUT2D eigenvalue weighted by molar-refractivity contribution is -0.129. The average Bonchev–Trinajstić information content (AvgIpc) is 2.64. The largest absolute Gasteiger partial charge is 0.304 e. The van der Waals surface area contributed by atoms with Crippen LogP contribution < -0.4 is 0 Å². The van der Waals surface area contributed by atoms with E-state index in [0.717, 1.165) is 18.4 Å². The van der Waals surface area contributed by atoms with Crippen molar-refractivity contribution < 1.29 is 9.59 Å². The average molecular weight is 259 g/mol. The summed E-state index contributed by atoms with van der Waals surface area (Å²) in [7, 11) is 0. The van der Waals surface area contributed by atoms with Gasteiger partial charge in [-0.15, -0.1) is 0 Å². The minimum absolute atomic E-state index is 0.134. The van der Waals surface area contributed by atoms with Crippen molar-refractivity contribution in [2.45, 2.75) is 53.0 Å². The van der Waals surface area contributed by atoms with Crippen LogP contribution in [0.2, 0.25) is 0 Å². The topological polar surface area (TPSA) is 38.5 Å². The number of fused-ring (bicyclic) bond motifs is 2. The molecule has 0 aromatic rings. The molecule has 2 aliphatic carbocycles. The zero-order valence-electron chi connectivity index (χ0n) is 12.1. The third-order valence-electron chi connectivity index (χ3n) is 5.47.